The van der Waals surface area contributed by atoms with E-state index >= 15 is 0 Å². The van der Waals surface area contributed by atoms with Crippen LogP contribution in [0.3, 0.4) is 0 Å². The second-order valence-corrected chi connectivity index (χ2v) is 3.75. The van der Waals surface area contributed by atoms with Gasteiger partial charge >= 0.3 is 0 Å². The molecule has 0 radical (unpaired) electrons. The Morgan fingerprint density at radius 1 is 1.38 bits per heavy atom. The summed E-state index contributed by atoms with van der Waals surface area (Å²) in [5, 5.41) is 20.6. The summed E-state index contributed by atoms with van der Waals surface area (Å²) in [6.07, 6.45) is 1.33. The maximum atomic E-state index is 10.9. The molecule has 0 saturated heterocycles. The molecule has 0 spiro atoms. The highest BCUT2D eigenvalue weighted by atomic mass is 32.2. The fraction of sp³-hybridized carbons (Fsp3) is 0. The minimum Gasteiger partial charge on any atom is -0.273 e. The molecule has 0 amide bonds. The Kier molecular flexibility index (Phi) is 1.50. The lowest BCUT2D eigenvalue weighted by Gasteiger charge is -1.94. The maximum absolute atomic E-state index is 10.9. The molecule has 2 rings (SSSR count). The number of H-pyrrole nitrogens is 1. The predicted molar refractivity (Wildman–Crippen MR) is 40.9 cm³/mol. The normalized spacial score (nSPS) is 12.1. The molecule has 2 aromatic heterocycles. The Labute approximate surface area is 72.2 Å². The second kappa shape index (κ2) is 2.44. The Hall–Kier alpha value is -1.61. The van der Waals surface area contributed by atoms with Gasteiger partial charge in [0.1, 0.15) is 11.0 Å². The Bertz CT molecular complexity index is 545. The van der Waals surface area contributed by atoms with Crippen LogP contribution in [0.1, 0.15) is 0 Å². The van der Waals surface area contributed by atoms with Crippen molar-refractivity contribution >= 4 is 21.1 Å². The molecule has 0 aliphatic carbocycles. The van der Waals surface area contributed by atoms with Crippen molar-refractivity contribution in [2.45, 2.75) is 5.03 Å². The van der Waals surface area contributed by atoms with Crippen molar-refractivity contribution in [1.29, 1.82) is 0 Å². The van der Waals surface area contributed by atoms with Crippen molar-refractivity contribution < 1.29 is 8.42 Å². The average Bonchev–Trinajstić information content (AvgIpc) is 2.48. The molecular formula is C4H4N6O2S. The van der Waals surface area contributed by atoms with E-state index in [1.165, 1.54) is 6.20 Å². The lowest BCUT2D eigenvalue weighted by atomic mass is 10.5. The van der Waals surface area contributed by atoms with E-state index in [0.29, 0.717) is 5.52 Å². The molecule has 68 valence electrons. The number of hydrogen-bond acceptors (Lipinski definition) is 6. The predicted octanol–water partition coefficient (Wildman–Crippen LogP) is -1.60. The summed E-state index contributed by atoms with van der Waals surface area (Å²) in [5.74, 6) is 0. The van der Waals surface area contributed by atoms with Crippen molar-refractivity contribution in [2.24, 2.45) is 5.14 Å². The summed E-state index contributed by atoms with van der Waals surface area (Å²) in [4.78, 5) is 0. The van der Waals surface area contributed by atoms with Crippen LogP contribution in [0.15, 0.2) is 11.2 Å². The van der Waals surface area contributed by atoms with Gasteiger partial charge in [-0.15, -0.1) is 10.2 Å². The Balaban J connectivity index is 2.91. The van der Waals surface area contributed by atoms with Gasteiger partial charge in [0.25, 0.3) is 10.0 Å². The number of rotatable bonds is 1. The van der Waals surface area contributed by atoms with E-state index in [-0.39, 0.29) is 10.5 Å². The van der Waals surface area contributed by atoms with Crippen molar-refractivity contribution in [3.8, 4) is 0 Å². The molecule has 0 aliphatic heterocycles. The van der Waals surface area contributed by atoms with Crippen LogP contribution in [-0.2, 0) is 10.0 Å². The molecule has 0 saturated carbocycles. The van der Waals surface area contributed by atoms with E-state index in [0.717, 1.165) is 0 Å². The highest BCUT2D eigenvalue weighted by Crippen LogP contribution is 2.12. The number of nitrogens with one attached hydrogen (secondary N) is 1. The van der Waals surface area contributed by atoms with Crippen LogP contribution >= 0.6 is 0 Å². The van der Waals surface area contributed by atoms with Gasteiger partial charge in [0.05, 0.1) is 6.20 Å². The first kappa shape index (κ1) is 8.01. The van der Waals surface area contributed by atoms with Gasteiger partial charge in [0.2, 0.25) is 5.03 Å². The average molecular weight is 200 g/mol. The molecule has 2 heterocycles. The first-order valence-electron chi connectivity index (χ1n) is 3.14. The first-order valence-corrected chi connectivity index (χ1v) is 4.69. The second-order valence-electron chi connectivity index (χ2n) is 2.27. The van der Waals surface area contributed by atoms with E-state index < -0.39 is 10.0 Å². The van der Waals surface area contributed by atoms with Crippen LogP contribution < -0.4 is 5.14 Å². The van der Waals surface area contributed by atoms with Crippen molar-refractivity contribution in [3.05, 3.63) is 6.20 Å². The topological polar surface area (TPSA) is 128 Å². The van der Waals surface area contributed by atoms with Crippen LogP contribution in [0, 0.1) is 0 Å². The molecule has 2 aromatic rings. The third-order valence-corrected chi connectivity index (χ3v) is 2.22. The lowest BCUT2D eigenvalue weighted by Crippen LogP contribution is -2.15. The monoisotopic (exact) mass is 200 g/mol. The van der Waals surface area contributed by atoms with Crippen LogP contribution in [0.2, 0.25) is 0 Å². The molecule has 0 aliphatic rings. The number of sulfonamides is 1. The third-order valence-electron chi connectivity index (χ3n) is 1.39. The zero-order valence-corrected chi connectivity index (χ0v) is 6.98. The number of aromatic nitrogens is 5. The summed E-state index contributed by atoms with van der Waals surface area (Å²) >= 11 is 0. The van der Waals surface area contributed by atoms with Crippen molar-refractivity contribution in [3.63, 3.8) is 0 Å². The van der Waals surface area contributed by atoms with E-state index in [9.17, 15) is 8.42 Å². The van der Waals surface area contributed by atoms with Gasteiger partial charge < -0.3 is 0 Å². The summed E-state index contributed by atoms with van der Waals surface area (Å²) < 4.78 is 21.9. The molecule has 0 fully saturated rings. The SMILES string of the molecule is NS(=O)(=O)c1nnnc2cn[nH]c12. The van der Waals surface area contributed by atoms with Gasteiger partial charge in [-0.05, 0) is 5.21 Å². The molecule has 13 heavy (non-hydrogen) atoms. The standard InChI is InChI=1S/C4H4N6O2S/c5-13(11,12)4-3-2(1-6-8-3)7-10-9-4/h1H,(H,6,8)(H2,5,11,12). The molecule has 0 bridgehead atoms. The molecule has 0 unspecified atom stereocenters. The van der Waals surface area contributed by atoms with Gasteiger partial charge in [-0.1, -0.05) is 0 Å². The highest BCUT2D eigenvalue weighted by molar-refractivity contribution is 7.89. The quantitative estimate of drug-likeness (QED) is 0.570. The van der Waals surface area contributed by atoms with Crippen LogP contribution in [0.5, 0.6) is 0 Å². The molecule has 3 N–H and O–H groups in total. The summed E-state index contributed by atoms with van der Waals surface area (Å²) in [6, 6.07) is 0. The fourth-order valence-corrected chi connectivity index (χ4v) is 1.46. The van der Waals surface area contributed by atoms with Crippen LogP contribution in [0.25, 0.3) is 11.0 Å². The molecule has 9 heteroatoms. The zero-order valence-electron chi connectivity index (χ0n) is 6.17. The Morgan fingerprint density at radius 2 is 2.15 bits per heavy atom. The van der Waals surface area contributed by atoms with Crippen molar-refractivity contribution in [2.75, 3.05) is 0 Å². The smallest absolute Gasteiger partial charge is 0.259 e. The number of nitrogens with zero attached hydrogens (tertiary/aromatic N) is 4. The van der Waals surface area contributed by atoms with E-state index in [1.54, 1.807) is 0 Å². The van der Waals surface area contributed by atoms with E-state index in [4.69, 9.17) is 5.14 Å². The largest absolute Gasteiger partial charge is 0.273 e. The van der Waals surface area contributed by atoms with Gasteiger partial charge in [0.15, 0.2) is 0 Å². The summed E-state index contributed by atoms with van der Waals surface area (Å²) in [7, 11) is -3.88. The number of aromatic amines is 1. The molecule has 8 nitrogen and oxygen atoms in total. The molecule has 0 atom stereocenters. The molecule has 0 aromatic carbocycles. The van der Waals surface area contributed by atoms with Gasteiger partial charge in [0, 0.05) is 0 Å². The Morgan fingerprint density at radius 3 is 2.85 bits per heavy atom. The summed E-state index contributed by atoms with van der Waals surface area (Å²) in [6.45, 7) is 0. The van der Waals surface area contributed by atoms with E-state index in [2.05, 4.69) is 25.6 Å². The van der Waals surface area contributed by atoms with Gasteiger partial charge in [-0.3, -0.25) is 5.10 Å². The zero-order chi connectivity index (χ0) is 9.47. The van der Waals surface area contributed by atoms with Crippen LogP contribution in [-0.4, -0.2) is 34.0 Å². The van der Waals surface area contributed by atoms with E-state index in [1.807, 2.05) is 0 Å². The number of primary sulfonamides is 1. The number of nitrogens with two attached hydrogens (primary N) is 1. The summed E-state index contributed by atoms with van der Waals surface area (Å²) in [5.41, 5.74) is 0.469. The fourth-order valence-electron chi connectivity index (χ4n) is 0.873. The molecular weight excluding hydrogens is 196 g/mol. The minimum absolute atomic E-state index is 0.164. The lowest BCUT2D eigenvalue weighted by molar-refractivity contribution is 0.591. The number of hydrogen-bond donors (Lipinski definition) is 2. The van der Waals surface area contributed by atoms with Crippen molar-refractivity contribution in [1.82, 2.24) is 25.6 Å². The van der Waals surface area contributed by atoms with Gasteiger partial charge in [-0.25, -0.2) is 13.6 Å². The minimum atomic E-state index is -3.88. The first-order chi connectivity index (χ1) is 6.09. The van der Waals surface area contributed by atoms with Gasteiger partial charge in [-0.2, -0.15) is 5.10 Å². The van der Waals surface area contributed by atoms with Crippen LogP contribution in [0.4, 0.5) is 0 Å². The third kappa shape index (κ3) is 1.23. The maximum Gasteiger partial charge on any atom is 0.259 e. The highest BCUT2D eigenvalue weighted by Gasteiger charge is 2.16. The number of fused-ring (bicyclic) bond motifs is 1.